The van der Waals surface area contributed by atoms with E-state index < -0.39 is 0 Å². The zero-order valence-corrected chi connectivity index (χ0v) is 11.9. The minimum absolute atomic E-state index is 0.496. The van der Waals surface area contributed by atoms with E-state index in [9.17, 15) is 0 Å². The van der Waals surface area contributed by atoms with Crippen molar-refractivity contribution in [3.8, 4) is 5.69 Å². The molecule has 1 aromatic carbocycles. The summed E-state index contributed by atoms with van der Waals surface area (Å²) in [5.41, 5.74) is 8.02. The molecule has 0 atom stereocenters. The quantitative estimate of drug-likeness (QED) is 0.660. The molecule has 1 heterocycles. The van der Waals surface area contributed by atoms with E-state index in [1.807, 2.05) is 24.3 Å². The van der Waals surface area contributed by atoms with Crippen LogP contribution in [0, 0.1) is 0 Å². The van der Waals surface area contributed by atoms with Gasteiger partial charge in [-0.1, -0.05) is 25.0 Å². The van der Waals surface area contributed by atoms with E-state index in [0.29, 0.717) is 18.5 Å². The van der Waals surface area contributed by atoms with E-state index in [0.717, 1.165) is 11.3 Å². The molecule has 21 heavy (non-hydrogen) atoms. The molecule has 0 saturated heterocycles. The third-order valence-corrected chi connectivity index (χ3v) is 3.73. The Labute approximate surface area is 124 Å². The maximum atomic E-state index is 5.95. The SMILES string of the molecule is NC(=NCc1cccc(-n2cncn2)c1)NC1CCCC1. The lowest BCUT2D eigenvalue weighted by molar-refractivity contribution is 0.625. The average Bonchev–Trinajstić information content (AvgIpc) is 3.19. The molecule has 0 bridgehead atoms. The zero-order chi connectivity index (χ0) is 14.5. The number of aliphatic imine (C=N–C) groups is 1. The number of rotatable bonds is 4. The van der Waals surface area contributed by atoms with Gasteiger partial charge >= 0.3 is 0 Å². The standard InChI is InChI=1S/C15H20N6/c16-15(20-13-5-1-2-6-13)18-9-12-4-3-7-14(8-12)21-11-17-10-19-21/h3-4,7-8,10-11,13H,1-2,5-6,9H2,(H3,16,18,20). The molecule has 1 aliphatic carbocycles. The first kappa shape index (κ1) is 13.6. The Morgan fingerprint density at radius 2 is 2.24 bits per heavy atom. The second-order valence-electron chi connectivity index (χ2n) is 5.34. The molecule has 0 amide bonds. The van der Waals surface area contributed by atoms with E-state index in [2.05, 4.69) is 20.4 Å². The first-order chi connectivity index (χ1) is 10.3. The van der Waals surface area contributed by atoms with E-state index >= 15 is 0 Å². The topological polar surface area (TPSA) is 81.1 Å². The minimum Gasteiger partial charge on any atom is -0.370 e. The zero-order valence-electron chi connectivity index (χ0n) is 11.9. The fourth-order valence-corrected chi connectivity index (χ4v) is 2.64. The molecule has 0 radical (unpaired) electrons. The normalized spacial score (nSPS) is 16.3. The molecule has 6 heteroatoms. The molecule has 1 aliphatic rings. The summed E-state index contributed by atoms with van der Waals surface area (Å²) in [5, 5.41) is 7.42. The summed E-state index contributed by atoms with van der Waals surface area (Å²) in [4.78, 5) is 8.37. The Morgan fingerprint density at radius 3 is 3.00 bits per heavy atom. The van der Waals surface area contributed by atoms with Gasteiger partial charge in [-0.2, -0.15) is 5.10 Å². The van der Waals surface area contributed by atoms with Crippen LogP contribution >= 0.6 is 0 Å². The molecule has 1 fully saturated rings. The maximum Gasteiger partial charge on any atom is 0.189 e. The summed E-state index contributed by atoms with van der Waals surface area (Å²) in [5.74, 6) is 0.535. The van der Waals surface area contributed by atoms with E-state index in [1.54, 1.807) is 11.0 Å². The highest BCUT2D eigenvalue weighted by atomic mass is 15.3. The van der Waals surface area contributed by atoms with Gasteiger partial charge in [-0.25, -0.2) is 14.7 Å². The van der Waals surface area contributed by atoms with Crippen LogP contribution in [0.25, 0.3) is 5.69 Å². The van der Waals surface area contributed by atoms with E-state index in [4.69, 9.17) is 5.73 Å². The van der Waals surface area contributed by atoms with Gasteiger partial charge < -0.3 is 11.1 Å². The summed E-state index contributed by atoms with van der Waals surface area (Å²) < 4.78 is 1.73. The number of guanidine groups is 1. The van der Waals surface area contributed by atoms with E-state index in [1.165, 1.54) is 32.0 Å². The summed E-state index contributed by atoms with van der Waals surface area (Å²) in [6.45, 7) is 0.564. The van der Waals surface area contributed by atoms with Gasteiger partial charge in [0.05, 0.1) is 12.2 Å². The van der Waals surface area contributed by atoms with Gasteiger partial charge in [0, 0.05) is 6.04 Å². The van der Waals surface area contributed by atoms with Crippen LogP contribution in [0.4, 0.5) is 0 Å². The molecule has 3 rings (SSSR count). The Kier molecular flexibility index (Phi) is 4.14. The van der Waals surface area contributed by atoms with Crippen LogP contribution in [0.5, 0.6) is 0 Å². The summed E-state index contributed by atoms with van der Waals surface area (Å²) >= 11 is 0. The summed E-state index contributed by atoms with van der Waals surface area (Å²) in [6.07, 6.45) is 8.15. The molecule has 1 saturated carbocycles. The average molecular weight is 284 g/mol. The molecule has 6 nitrogen and oxygen atoms in total. The summed E-state index contributed by atoms with van der Waals surface area (Å²) in [7, 11) is 0. The number of benzene rings is 1. The van der Waals surface area contributed by atoms with Gasteiger partial charge in [-0.05, 0) is 30.5 Å². The molecule has 3 N–H and O–H groups in total. The van der Waals surface area contributed by atoms with E-state index in [-0.39, 0.29) is 0 Å². The summed E-state index contributed by atoms with van der Waals surface area (Å²) in [6, 6.07) is 8.55. The molecule has 110 valence electrons. The molecule has 0 aliphatic heterocycles. The Bertz CT molecular complexity index is 598. The van der Waals surface area contributed by atoms with Gasteiger partial charge in [0.1, 0.15) is 12.7 Å². The molecular formula is C15H20N6. The number of hydrogen-bond donors (Lipinski definition) is 2. The van der Waals surface area contributed by atoms with Crippen molar-refractivity contribution in [2.45, 2.75) is 38.3 Å². The van der Waals surface area contributed by atoms with Crippen molar-refractivity contribution in [3.63, 3.8) is 0 Å². The Hall–Kier alpha value is -2.37. The fourth-order valence-electron chi connectivity index (χ4n) is 2.64. The van der Waals surface area contributed by atoms with Crippen molar-refractivity contribution in [3.05, 3.63) is 42.5 Å². The lowest BCUT2D eigenvalue weighted by Crippen LogP contribution is -2.38. The van der Waals surface area contributed by atoms with Crippen LogP contribution in [0.3, 0.4) is 0 Å². The fraction of sp³-hybridized carbons (Fsp3) is 0.400. The number of hydrogen-bond acceptors (Lipinski definition) is 3. The van der Waals surface area contributed by atoms with Crippen molar-refractivity contribution in [2.24, 2.45) is 10.7 Å². The Morgan fingerprint density at radius 1 is 1.38 bits per heavy atom. The smallest absolute Gasteiger partial charge is 0.189 e. The number of nitrogens with two attached hydrogens (primary N) is 1. The number of aromatic nitrogens is 3. The van der Waals surface area contributed by atoms with Crippen molar-refractivity contribution < 1.29 is 0 Å². The van der Waals surface area contributed by atoms with Crippen LogP contribution in [0.1, 0.15) is 31.2 Å². The third kappa shape index (κ3) is 3.59. The largest absolute Gasteiger partial charge is 0.370 e. The first-order valence-corrected chi connectivity index (χ1v) is 7.32. The Balaban J connectivity index is 1.63. The van der Waals surface area contributed by atoms with Gasteiger partial charge in [-0.3, -0.25) is 0 Å². The predicted molar refractivity (Wildman–Crippen MR) is 82.1 cm³/mol. The molecule has 0 spiro atoms. The monoisotopic (exact) mass is 284 g/mol. The van der Waals surface area contributed by atoms with Crippen LogP contribution < -0.4 is 11.1 Å². The molecule has 0 unspecified atom stereocenters. The highest BCUT2D eigenvalue weighted by molar-refractivity contribution is 5.78. The van der Waals surface area contributed by atoms with Crippen LogP contribution in [-0.2, 0) is 6.54 Å². The second-order valence-corrected chi connectivity index (χ2v) is 5.34. The predicted octanol–water partition coefficient (Wildman–Crippen LogP) is 1.61. The number of nitrogens with one attached hydrogen (secondary N) is 1. The van der Waals surface area contributed by atoms with Crippen LogP contribution in [-0.4, -0.2) is 26.8 Å². The van der Waals surface area contributed by atoms with Crippen molar-refractivity contribution in [1.82, 2.24) is 20.1 Å². The van der Waals surface area contributed by atoms with Crippen LogP contribution in [0.15, 0.2) is 41.9 Å². The lowest BCUT2D eigenvalue weighted by Gasteiger charge is -2.12. The van der Waals surface area contributed by atoms with Crippen molar-refractivity contribution >= 4 is 5.96 Å². The lowest BCUT2D eigenvalue weighted by atomic mass is 10.2. The van der Waals surface area contributed by atoms with Gasteiger partial charge in [0.25, 0.3) is 0 Å². The maximum absolute atomic E-state index is 5.95. The van der Waals surface area contributed by atoms with Gasteiger partial charge in [0.15, 0.2) is 5.96 Å². The third-order valence-electron chi connectivity index (χ3n) is 3.73. The van der Waals surface area contributed by atoms with Gasteiger partial charge in [0.2, 0.25) is 0 Å². The van der Waals surface area contributed by atoms with Crippen LogP contribution in [0.2, 0.25) is 0 Å². The van der Waals surface area contributed by atoms with Gasteiger partial charge in [-0.15, -0.1) is 0 Å². The van der Waals surface area contributed by atoms with Crippen molar-refractivity contribution in [2.75, 3.05) is 0 Å². The van der Waals surface area contributed by atoms with Crippen molar-refractivity contribution in [1.29, 1.82) is 0 Å². The first-order valence-electron chi connectivity index (χ1n) is 7.32. The highest BCUT2D eigenvalue weighted by Gasteiger charge is 2.14. The molecular weight excluding hydrogens is 264 g/mol. The minimum atomic E-state index is 0.496. The molecule has 2 aromatic rings. The number of nitrogens with zero attached hydrogens (tertiary/aromatic N) is 4. The highest BCUT2D eigenvalue weighted by Crippen LogP contribution is 2.17. The molecule has 1 aromatic heterocycles. The second kappa shape index (κ2) is 6.39.